The molecule has 0 saturated carbocycles. The average Bonchev–Trinajstić information content (AvgIpc) is 2.48. The second-order valence-electron chi connectivity index (χ2n) is 3.93. The van der Waals surface area contributed by atoms with Crippen molar-refractivity contribution in [3.05, 3.63) is 65.7 Å². The molecule has 0 spiro atoms. The van der Waals surface area contributed by atoms with Gasteiger partial charge in [-0.05, 0) is 24.3 Å². The van der Waals surface area contributed by atoms with Crippen molar-refractivity contribution >= 4 is 22.2 Å². The fourth-order valence-electron chi connectivity index (χ4n) is 1.53. The van der Waals surface area contributed by atoms with Crippen molar-refractivity contribution in [2.75, 3.05) is 0 Å². The fraction of sp³-hybridized carbons (Fsp3) is 0. The van der Waals surface area contributed by atoms with Gasteiger partial charge in [-0.15, -0.1) is 0 Å². The lowest BCUT2D eigenvalue weighted by Gasteiger charge is -2.06. The number of carbonyl (C=O) groups excluding carboxylic acids is 2. The summed E-state index contributed by atoms with van der Waals surface area (Å²) in [6, 6.07) is 13.1. The molecule has 0 aromatic heterocycles. The molecule has 1 radical (unpaired) electrons. The third-order valence-corrected chi connectivity index (χ3v) is 3.89. The Morgan fingerprint density at radius 2 is 1.55 bits per heavy atom. The van der Waals surface area contributed by atoms with Crippen molar-refractivity contribution in [3.8, 4) is 0 Å². The molecule has 101 valence electrons. The van der Waals surface area contributed by atoms with Crippen LogP contribution in [0.15, 0.2) is 59.5 Å². The minimum absolute atomic E-state index is 0.00574. The van der Waals surface area contributed by atoms with Crippen molar-refractivity contribution in [2.24, 2.45) is 0 Å². The molecule has 0 heterocycles. The van der Waals surface area contributed by atoms with E-state index in [1.807, 2.05) is 4.72 Å². The van der Waals surface area contributed by atoms with Crippen LogP contribution in [0.25, 0.3) is 0 Å². The maximum atomic E-state index is 11.9. The molecule has 2 rings (SSSR count). The van der Waals surface area contributed by atoms with E-state index in [0.29, 0.717) is 0 Å². The van der Waals surface area contributed by atoms with Crippen molar-refractivity contribution in [1.82, 2.24) is 4.72 Å². The van der Waals surface area contributed by atoms with E-state index < -0.39 is 15.9 Å². The molecule has 0 bridgehead atoms. The highest BCUT2D eigenvalue weighted by Crippen LogP contribution is 2.09. The van der Waals surface area contributed by atoms with Crippen LogP contribution in [0.5, 0.6) is 0 Å². The smallest absolute Gasteiger partial charge is 0.264 e. The maximum absolute atomic E-state index is 11.9. The highest BCUT2D eigenvalue weighted by atomic mass is 32.2. The second kappa shape index (κ2) is 5.66. The Hall–Kier alpha value is -2.47. The van der Waals surface area contributed by atoms with Crippen LogP contribution in [0.1, 0.15) is 15.9 Å². The number of carbonyl (C=O) groups is 1. The third-order valence-electron chi connectivity index (χ3n) is 2.55. The van der Waals surface area contributed by atoms with E-state index in [1.54, 1.807) is 24.5 Å². The van der Waals surface area contributed by atoms with Crippen LogP contribution in [0, 0.1) is 0 Å². The highest BCUT2D eigenvalue weighted by molar-refractivity contribution is 7.90. The van der Waals surface area contributed by atoms with Crippen LogP contribution >= 0.6 is 0 Å². The van der Waals surface area contributed by atoms with Gasteiger partial charge in [0.25, 0.3) is 15.9 Å². The number of hydrogen-bond donors (Lipinski definition) is 1. The van der Waals surface area contributed by atoms with Gasteiger partial charge in [0.05, 0.1) is 4.90 Å². The molecule has 0 aliphatic rings. The Morgan fingerprint density at radius 1 is 0.950 bits per heavy atom. The first kappa shape index (κ1) is 14.0. The first-order valence-electron chi connectivity index (χ1n) is 5.63. The monoisotopic (exact) mass is 288 g/mol. The van der Waals surface area contributed by atoms with Gasteiger partial charge in [-0.1, -0.05) is 30.3 Å². The molecule has 0 fully saturated rings. The predicted octanol–water partition coefficient (Wildman–Crippen LogP) is 1.26. The summed E-state index contributed by atoms with van der Waals surface area (Å²) in [5.74, 6) is -0.758. The van der Waals surface area contributed by atoms with Gasteiger partial charge in [0.15, 0.2) is 0 Å². The minimum Gasteiger partial charge on any atom is -0.285 e. The number of sulfonamides is 1. The molecule has 20 heavy (non-hydrogen) atoms. The van der Waals surface area contributed by atoms with Gasteiger partial charge in [-0.3, -0.25) is 9.59 Å². The molecule has 1 N–H and O–H groups in total. The van der Waals surface area contributed by atoms with Crippen molar-refractivity contribution in [3.63, 3.8) is 0 Å². The molecular formula is C14H10NO4S. The lowest BCUT2D eigenvalue weighted by molar-refractivity contribution is 0.0981. The topological polar surface area (TPSA) is 80.3 Å². The first-order valence-corrected chi connectivity index (χ1v) is 7.12. The summed E-state index contributed by atoms with van der Waals surface area (Å²) in [5, 5.41) is 0. The predicted molar refractivity (Wildman–Crippen MR) is 72.3 cm³/mol. The maximum Gasteiger partial charge on any atom is 0.264 e. The summed E-state index contributed by atoms with van der Waals surface area (Å²) in [6.07, 6.45) is 1.67. The Kier molecular flexibility index (Phi) is 3.95. The number of benzene rings is 2. The number of nitrogens with one attached hydrogen (secondary N) is 1. The molecule has 1 amide bonds. The molecule has 0 saturated heterocycles. The Balaban J connectivity index is 2.20. The van der Waals surface area contributed by atoms with Crippen LogP contribution in [-0.2, 0) is 14.8 Å². The SMILES string of the molecule is O=[C]c1ccc(C(=O)NS(=O)(=O)c2ccccc2)cc1. The first-order chi connectivity index (χ1) is 9.53. The zero-order valence-electron chi connectivity index (χ0n) is 10.2. The van der Waals surface area contributed by atoms with Gasteiger partial charge < -0.3 is 0 Å². The van der Waals surface area contributed by atoms with E-state index in [4.69, 9.17) is 0 Å². The zero-order valence-corrected chi connectivity index (χ0v) is 11.1. The summed E-state index contributed by atoms with van der Waals surface area (Å²) in [4.78, 5) is 22.2. The quantitative estimate of drug-likeness (QED) is 0.918. The van der Waals surface area contributed by atoms with E-state index in [-0.39, 0.29) is 16.0 Å². The van der Waals surface area contributed by atoms with Crippen molar-refractivity contribution < 1.29 is 18.0 Å². The van der Waals surface area contributed by atoms with E-state index in [0.717, 1.165) is 0 Å². The van der Waals surface area contributed by atoms with Crippen molar-refractivity contribution in [1.29, 1.82) is 0 Å². The van der Waals surface area contributed by atoms with Crippen LogP contribution < -0.4 is 4.72 Å². The molecule has 6 heteroatoms. The molecule has 0 aliphatic heterocycles. The fourth-order valence-corrected chi connectivity index (χ4v) is 2.52. The van der Waals surface area contributed by atoms with E-state index in [2.05, 4.69) is 0 Å². The minimum atomic E-state index is -3.90. The Morgan fingerprint density at radius 3 is 2.10 bits per heavy atom. The van der Waals surface area contributed by atoms with Gasteiger partial charge in [0.1, 0.15) is 0 Å². The van der Waals surface area contributed by atoms with Crippen LogP contribution in [0.4, 0.5) is 0 Å². The normalized spacial score (nSPS) is 10.8. The third kappa shape index (κ3) is 3.10. The molecule has 2 aromatic rings. The van der Waals surface area contributed by atoms with Gasteiger partial charge in [0, 0.05) is 11.1 Å². The molecule has 5 nitrogen and oxygen atoms in total. The van der Waals surface area contributed by atoms with E-state index in [9.17, 15) is 18.0 Å². The summed E-state index contributed by atoms with van der Waals surface area (Å²) in [7, 11) is -3.90. The van der Waals surface area contributed by atoms with Gasteiger partial charge in [0.2, 0.25) is 6.29 Å². The molecule has 0 aliphatic carbocycles. The molecule has 0 atom stereocenters. The van der Waals surface area contributed by atoms with E-state index >= 15 is 0 Å². The second-order valence-corrected chi connectivity index (χ2v) is 5.61. The number of rotatable bonds is 4. The lowest BCUT2D eigenvalue weighted by Crippen LogP contribution is -2.30. The summed E-state index contributed by atoms with van der Waals surface area (Å²) >= 11 is 0. The van der Waals surface area contributed by atoms with E-state index in [1.165, 1.54) is 36.4 Å². The van der Waals surface area contributed by atoms with Crippen molar-refractivity contribution in [2.45, 2.75) is 4.90 Å². The largest absolute Gasteiger partial charge is 0.285 e. The Labute approximate surface area is 116 Å². The standard InChI is InChI=1S/C14H10NO4S/c16-10-11-6-8-12(9-7-11)14(17)15-20(18,19)13-4-2-1-3-5-13/h1-9H,(H,15,17). The molecule has 2 aromatic carbocycles. The van der Waals surface area contributed by atoms with Crippen LogP contribution in [0.2, 0.25) is 0 Å². The van der Waals surface area contributed by atoms with Gasteiger partial charge >= 0.3 is 0 Å². The average molecular weight is 288 g/mol. The summed E-state index contributed by atoms with van der Waals surface area (Å²) in [5.41, 5.74) is 0.427. The number of hydrogen-bond acceptors (Lipinski definition) is 4. The lowest BCUT2D eigenvalue weighted by atomic mass is 10.1. The van der Waals surface area contributed by atoms with Gasteiger partial charge in [-0.2, -0.15) is 0 Å². The van der Waals surface area contributed by atoms with Gasteiger partial charge in [-0.25, -0.2) is 13.1 Å². The van der Waals surface area contributed by atoms with Crippen LogP contribution in [-0.4, -0.2) is 20.6 Å². The molecular weight excluding hydrogens is 278 g/mol. The molecule has 0 unspecified atom stereocenters. The summed E-state index contributed by atoms with van der Waals surface area (Å²) in [6.45, 7) is 0. The summed E-state index contributed by atoms with van der Waals surface area (Å²) < 4.78 is 25.9. The number of amides is 1. The Bertz CT molecular complexity index is 722. The zero-order chi connectivity index (χ0) is 14.6. The highest BCUT2D eigenvalue weighted by Gasteiger charge is 2.18. The van der Waals surface area contributed by atoms with Crippen LogP contribution in [0.3, 0.4) is 0 Å².